The highest BCUT2D eigenvalue weighted by molar-refractivity contribution is 4.94. The van der Waals surface area contributed by atoms with E-state index in [-0.39, 0.29) is 5.60 Å². The largest absolute Gasteiger partial charge is 0.370 e. The van der Waals surface area contributed by atoms with E-state index in [1.165, 1.54) is 32.1 Å². The van der Waals surface area contributed by atoms with Crippen LogP contribution in [0.2, 0.25) is 0 Å². The summed E-state index contributed by atoms with van der Waals surface area (Å²) in [4.78, 5) is 0. The van der Waals surface area contributed by atoms with Crippen molar-refractivity contribution < 1.29 is 4.74 Å². The van der Waals surface area contributed by atoms with Gasteiger partial charge in [0.05, 0.1) is 11.7 Å². The Kier molecular flexibility index (Phi) is 2.85. The Bertz CT molecular complexity index is 206. The fraction of sp³-hybridized carbons (Fsp3) is 1.00. The zero-order valence-electron chi connectivity index (χ0n) is 9.46. The maximum atomic E-state index is 6.13. The molecule has 2 rings (SSSR count). The van der Waals surface area contributed by atoms with Crippen LogP contribution in [0.3, 0.4) is 0 Å². The standard InChI is InChI=1S/C12H23NO/c1-9-3-5-12(7-10(9)2)6-4-11(8-13)14-12/h9-11H,3-8,13H2,1-2H3/t9-,10-,11-,12+/m1/s1. The molecule has 0 radical (unpaired) electrons. The molecule has 14 heavy (non-hydrogen) atoms. The summed E-state index contributed by atoms with van der Waals surface area (Å²) in [7, 11) is 0. The van der Waals surface area contributed by atoms with Crippen LogP contribution in [0.5, 0.6) is 0 Å². The van der Waals surface area contributed by atoms with Crippen LogP contribution in [0, 0.1) is 11.8 Å². The number of hydrogen-bond acceptors (Lipinski definition) is 2. The third kappa shape index (κ3) is 1.82. The molecule has 0 aromatic carbocycles. The number of nitrogens with two attached hydrogens (primary N) is 1. The minimum atomic E-state index is 0.218. The van der Waals surface area contributed by atoms with Crippen molar-refractivity contribution in [1.82, 2.24) is 0 Å². The molecule has 0 amide bonds. The summed E-state index contributed by atoms with van der Waals surface area (Å²) in [5, 5.41) is 0. The SMILES string of the molecule is C[C@@H]1CC[C@]2(CC[C@H](CN)O2)C[C@H]1C. The second kappa shape index (κ2) is 3.82. The average molecular weight is 197 g/mol. The van der Waals surface area contributed by atoms with Crippen molar-refractivity contribution >= 4 is 0 Å². The number of hydrogen-bond donors (Lipinski definition) is 1. The Labute approximate surface area is 87.2 Å². The molecule has 0 aromatic heterocycles. The third-order valence-corrected chi connectivity index (χ3v) is 4.32. The molecule has 2 heteroatoms. The van der Waals surface area contributed by atoms with Gasteiger partial charge in [-0.05, 0) is 43.9 Å². The zero-order chi connectivity index (χ0) is 10.2. The molecule has 1 saturated carbocycles. The normalized spacial score (nSPS) is 48.6. The zero-order valence-corrected chi connectivity index (χ0v) is 9.46. The van der Waals surface area contributed by atoms with Crippen LogP contribution >= 0.6 is 0 Å². The maximum absolute atomic E-state index is 6.13. The summed E-state index contributed by atoms with van der Waals surface area (Å²) < 4.78 is 6.13. The minimum Gasteiger partial charge on any atom is -0.370 e. The Morgan fingerprint density at radius 2 is 1.93 bits per heavy atom. The van der Waals surface area contributed by atoms with E-state index < -0.39 is 0 Å². The van der Waals surface area contributed by atoms with Crippen molar-refractivity contribution in [3.05, 3.63) is 0 Å². The molecule has 2 N–H and O–H groups in total. The van der Waals surface area contributed by atoms with E-state index in [9.17, 15) is 0 Å². The van der Waals surface area contributed by atoms with Gasteiger partial charge in [-0.25, -0.2) is 0 Å². The van der Waals surface area contributed by atoms with E-state index in [1.54, 1.807) is 0 Å². The van der Waals surface area contributed by atoms with E-state index in [0.717, 1.165) is 11.8 Å². The first-order chi connectivity index (χ1) is 6.65. The summed E-state index contributed by atoms with van der Waals surface area (Å²) >= 11 is 0. The fourth-order valence-corrected chi connectivity index (χ4v) is 3.06. The van der Waals surface area contributed by atoms with Crippen molar-refractivity contribution in [3.63, 3.8) is 0 Å². The lowest BCUT2D eigenvalue weighted by Gasteiger charge is -2.40. The second-order valence-corrected chi connectivity index (χ2v) is 5.39. The smallest absolute Gasteiger partial charge is 0.0705 e. The second-order valence-electron chi connectivity index (χ2n) is 5.39. The van der Waals surface area contributed by atoms with Gasteiger partial charge >= 0.3 is 0 Å². The van der Waals surface area contributed by atoms with Crippen molar-refractivity contribution in [1.29, 1.82) is 0 Å². The monoisotopic (exact) mass is 197 g/mol. The van der Waals surface area contributed by atoms with Gasteiger partial charge in [-0.2, -0.15) is 0 Å². The Morgan fingerprint density at radius 1 is 1.21 bits per heavy atom. The lowest BCUT2D eigenvalue weighted by Crippen LogP contribution is -2.38. The highest BCUT2D eigenvalue weighted by Crippen LogP contribution is 2.45. The van der Waals surface area contributed by atoms with Gasteiger partial charge in [-0.15, -0.1) is 0 Å². The van der Waals surface area contributed by atoms with Crippen LogP contribution in [0.15, 0.2) is 0 Å². The molecule has 2 fully saturated rings. The lowest BCUT2D eigenvalue weighted by atomic mass is 9.72. The molecule has 0 bridgehead atoms. The van der Waals surface area contributed by atoms with Crippen molar-refractivity contribution in [2.45, 2.75) is 57.7 Å². The van der Waals surface area contributed by atoms with Gasteiger partial charge in [0.1, 0.15) is 0 Å². The first-order valence-electron chi connectivity index (χ1n) is 6.03. The Hall–Kier alpha value is -0.0800. The van der Waals surface area contributed by atoms with Gasteiger partial charge in [0.25, 0.3) is 0 Å². The highest BCUT2D eigenvalue weighted by atomic mass is 16.5. The molecule has 0 aromatic rings. The van der Waals surface area contributed by atoms with Crippen molar-refractivity contribution in [2.75, 3.05) is 6.54 Å². The summed E-state index contributed by atoms with van der Waals surface area (Å²) in [6, 6.07) is 0. The number of ether oxygens (including phenoxy) is 1. The molecule has 1 aliphatic heterocycles. The molecule has 1 heterocycles. The van der Waals surface area contributed by atoms with Gasteiger partial charge in [0.15, 0.2) is 0 Å². The molecule has 82 valence electrons. The predicted molar refractivity (Wildman–Crippen MR) is 58.1 cm³/mol. The molecule has 4 atom stereocenters. The quantitative estimate of drug-likeness (QED) is 0.700. The van der Waals surface area contributed by atoms with Crippen LogP contribution in [-0.4, -0.2) is 18.2 Å². The number of rotatable bonds is 1. The van der Waals surface area contributed by atoms with E-state index in [1.807, 2.05) is 0 Å². The topological polar surface area (TPSA) is 35.2 Å². The maximum Gasteiger partial charge on any atom is 0.0705 e. The van der Waals surface area contributed by atoms with Crippen LogP contribution < -0.4 is 5.73 Å². The van der Waals surface area contributed by atoms with Gasteiger partial charge in [0.2, 0.25) is 0 Å². The van der Waals surface area contributed by atoms with Gasteiger partial charge in [-0.1, -0.05) is 13.8 Å². The van der Waals surface area contributed by atoms with Crippen molar-refractivity contribution in [3.8, 4) is 0 Å². The average Bonchev–Trinajstić information content (AvgIpc) is 2.56. The molecule has 1 spiro atoms. The summed E-state index contributed by atoms with van der Waals surface area (Å²) in [6.45, 7) is 5.43. The highest BCUT2D eigenvalue weighted by Gasteiger charge is 2.43. The van der Waals surface area contributed by atoms with Crippen LogP contribution in [-0.2, 0) is 4.74 Å². The lowest BCUT2D eigenvalue weighted by molar-refractivity contribution is -0.0802. The van der Waals surface area contributed by atoms with Crippen LogP contribution in [0.4, 0.5) is 0 Å². The summed E-state index contributed by atoms with van der Waals surface area (Å²) in [5.41, 5.74) is 5.88. The molecular formula is C12H23NO. The van der Waals surface area contributed by atoms with Gasteiger partial charge < -0.3 is 10.5 Å². The van der Waals surface area contributed by atoms with Crippen LogP contribution in [0.25, 0.3) is 0 Å². The molecule has 2 nitrogen and oxygen atoms in total. The molecule has 1 saturated heterocycles. The van der Waals surface area contributed by atoms with E-state index >= 15 is 0 Å². The third-order valence-electron chi connectivity index (χ3n) is 4.32. The molecular weight excluding hydrogens is 174 g/mol. The van der Waals surface area contributed by atoms with Gasteiger partial charge in [0, 0.05) is 6.54 Å². The van der Waals surface area contributed by atoms with E-state index in [4.69, 9.17) is 10.5 Å². The van der Waals surface area contributed by atoms with Crippen molar-refractivity contribution in [2.24, 2.45) is 17.6 Å². The molecule has 2 aliphatic rings. The summed E-state index contributed by atoms with van der Waals surface area (Å²) in [6.07, 6.45) is 6.61. The fourth-order valence-electron chi connectivity index (χ4n) is 3.06. The van der Waals surface area contributed by atoms with Gasteiger partial charge in [-0.3, -0.25) is 0 Å². The Morgan fingerprint density at radius 3 is 2.50 bits per heavy atom. The molecule has 1 aliphatic carbocycles. The Balaban J connectivity index is 1.98. The van der Waals surface area contributed by atoms with E-state index in [0.29, 0.717) is 12.6 Å². The first-order valence-corrected chi connectivity index (χ1v) is 6.03. The predicted octanol–water partition coefficient (Wildman–Crippen LogP) is 2.32. The molecule has 0 unspecified atom stereocenters. The van der Waals surface area contributed by atoms with E-state index in [2.05, 4.69) is 13.8 Å². The first kappa shape index (κ1) is 10.4. The minimum absolute atomic E-state index is 0.218. The van der Waals surface area contributed by atoms with Crippen LogP contribution in [0.1, 0.15) is 46.0 Å². The summed E-state index contributed by atoms with van der Waals surface area (Å²) in [5.74, 6) is 1.70.